The molecule has 1 aliphatic carbocycles. The highest BCUT2D eigenvalue weighted by Gasteiger charge is 2.20. The van der Waals surface area contributed by atoms with Gasteiger partial charge in [-0.15, -0.1) is 0 Å². The van der Waals surface area contributed by atoms with Crippen molar-refractivity contribution in [3.05, 3.63) is 36.5 Å². The molecular weight excluding hydrogens is 262 g/mol. The normalized spacial score (nSPS) is 14.5. The number of nitrogens with one attached hydrogen (secondary N) is 2. The van der Waals surface area contributed by atoms with Crippen molar-refractivity contribution in [3.8, 4) is 11.1 Å². The van der Waals surface area contributed by atoms with E-state index in [-0.39, 0.29) is 0 Å². The zero-order chi connectivity index (χ0) is 14.2. The van der Waals surface area contributed by atoms with E-state index in [9.17, 15) is 0 Å². The minimum atomic E-state index is 0.535. The highest BCUT2D eigenvalue weighted by atomic mass is 15.1. The molecule has 3 aromatic rings. The smallest absolute Gasteiger partial charge is 0.153 e. The second kappa shape index (κ2) is 4.77. The van der Waals surface area contributed by atoms with Crippen LogP contribution in [0.2, 0.25) is 0 Å². The average molecular weight is 279 g/mol. The van der Waals surface area contributed by atoms with Crippen molar-refractivity contribution in [1.82, 2.24) is 15.2 Å². The average Bonchev–Trinajstić information content (AvgIpc) is 3.29. The Morgan fingerprint density at radius 2 is 2.05 bits per heavy atom. The predicted octanol–water partition coefficient (Wildman–Crippen LogP) is 3.03. The first kappa shape index (κ1) is 12.2. The van der Waals surface area contributed by atoms with Crippen LogP contribution in [0.3, 0.4) is 0 Å². The Labute approximate surface area is 122 Å². The van der Waals surface area contributed by atoms with Crippen molar-refractivity contribution in [2.75, 3.05) is 17.6 Å². The molecule has 0 aliphatic heterocycles. The Kier molecular flexibility index (Phi) is 2.77. The summed E-state index contributed by atoms with van der Waals surface area (Å²) in [7, 11) is 0. The van der Waals surface area contributed by atoms with E-state index < -0.39 is 0 Å². The molecule has 4 rings (SSSR count). The first-order valence-electron chi connectivity index (χ1n) is 7.23. The molecule has 0 atom stereocenters. The van der Waals surface area contributed by atoms with E-state index in [1.807, 2.05) is 18.3 Å². The largest absolute Gasteiger partial charge is 0.382 e. The van der Waals surface area contributed by atoms with E-state index in [2.05, 4.69) is 38.7 Å². The molecule has 21 heavy (non-hydrogen) atoms. The van der Waals surface area contributed by atoms with Gasteiger partial charge in [-0.2, -0.15) is 5.10 Å². The van der Waals surface area contributed by atoms with E-state index >= 15 is 0 Å². The number of nitrogens with two attached hydrogens (primary N) is 1. The van der Waals surface area contributed by atoms with Crippen molar-refractivity contribution in [2.45, 2.75) is 12.8 Å². The SMILES string of the molecule is Nc1n[nH]c2ccc(-c3ccnc(NCC4CC4)c3)cc12. The number of hydrogen-bond acceptors (Lipinski definition) is 4. The maximum absolute atomic E-state index is 5.87. The number of rotatable bonds is 4. The predicted molar refractivity (Wildman–Crippen MR) is 85.0 cm³/mol. The summed E-state index contributed by atoms with van der Waals surface area (Å²) < 4.78 is 0. The topological polar surface area (TPSA) is 79.6 Å². The molecule has 0 spiro atoms. The summed E-state index contributed by atoms with van der Waals surface area (Å²) in [5.41, 5.74) is 9.08. The molecule has 0 saturated heterocycles. The molecule has 1 aromatic carbocycles. The highest BCUT2D eigenvalue weighted by molar-refractivity contribution is 5.92. The zero-order valence-corrected chi connectivity index (χ0v) is 11.6. The maximum atomic E-state index is 5.87. The van der Waals surface area contributed by atoms with Gasteiger partial charge in [-0.05, 0) is 54.2 Å². The van der Waals surface area contributed by atoms with E-state index in [1.54, 1.807) is 0 Å². The van der Waals surface area contributed by atoms with Gasteiger partial charge in [0, 0.05) is 18.1 Å². The molecule has 5 nitrogen and oxygen atoms in total. The lowest BCUT2D eigenvalue weighted by molar-refractivity contribution is 0.883. The number of nitrogens with zero attached hydrogens (tertiary/aromatic N) is 2. The van der Waals surface area contributed by atoms with E-state index in [0.29, 0.717) is 5.82 Å². The Morgan fingerprint density at radius 3 is 2.90 bits per heavy atom. The van der Waals surface area contributed by atoms with Crippen LogP contribution in [0.25, 0.3) is 22.0 Å². The number of anilines is 2. The fraction of sp³-hybridized carbons (Fsp3) is 0.250. The maximum Gasteiger partial charge on any atom is 0.153 e. The molecule has 1 fully saturated rings. The number of H-pyrrole nitrogens is 1. The molecule has 0 unspecified atom stereocenters. The van der Waals surface area contributed by atoms with Gasteiger partial charge < -0.3 is 11.1 Å². The molecular formula is C16H17N5. The highest BCUT2D eigenvalue weighted by Crippen LogP contribution is 2.30. The minimum absolute atomic E-state index is 0.535. The number of fused-ring (bicyclic) bond motifs is 1. The van der Waals surface area contributed by atoms with Gasteiger partial charge in [0.15, 0.2) is 5.82 Å². The van der Waals surface area contributed by atoms with Crippen molar-refractivity contribution in [2.24, 2.45) is 5.92 Å². The number of pyridine rings is 1. The van der Waals surface area contributed by atoms with Gasteiger partial charge in [0.05, 0.1) is 5.52 Å². The molecule has 2 aromatic heterocycles. The van der Waals surface area contributed by atoms with Crippen LogP contribution in [0.5, 0.6) is 0 Å². The number of hydrogen-bond donors (Lipinski definition) is 3. The lowest BCUT2D eigenvalue weighted by Gasteiger charge is -2.07. The molecule has 0 amide bonds. The van der Waals surface area contributed by atoms with Crippen LogP contribution >= 0.6 is 0 Å². The second-order valence-electron chi connectivity index (χ2n) is 5.62. The summed E-state index contributed by atoms with van der Waals surface area (Å²) in [5, 5.41) is 11.3. The standard InChI is InChI=1S/C16H17N5/c17-16-13-7-11(3-4-14(13)20-21-16)12-5-6-18-15(8-12)19-9-10-1-2-10/h3-8,10H,1-2,9H2,(H,18,19)(H3,17,20,21). The summed E-state index contributed by atoms with van der Waals surface area (Å²) in [6.45, 7) is 1.02. The third kappa shape index (κ3) is 2.42. The minimum Gasteiger partial charge on any atom is -0.382 e. The van der Waals surface area contributed by atoms with Crippen LogP contribution in [0, 0.1) is 5.92 Å². The van der Waals surface area contributed by atoms with Crippen molar-refractivity contribution in [3.63, 3.8) is 0 Å². The van der Waals surface area contributed by atoms with Crippen molar-refractivity contribution >= 4 is 22.5 Å². The summed E-state index contributed by atoms with van der Waals surface area (Å²) in [6.07, 6.45) is 4.51. The van der Waals surface area contributed by atoms with Gasteiger partial charge in [-0.3, -0.25) is 5.10 Å². The number of nitrogen functional groups attached to an aromatic ring is 1. The Morgan fingerprint density at radius 1 is 1.19 bits per heavy atom. The lowest BCUT2D eigenvalue weighted by Crippen LogP contribution is -2.04. The number of benzene rings is 1. The molecule has 1 saturated carbocycles. The van der Waals surface area contributed by atoms with Crippen molar-refractivity contribution in [1.29, 1.82) is 0 Å². The first-order valence-corrected chi connectivity index (χ1v) is 7.23. The van der Waals surface area contributed by atoms with E-state index in [4.69, 9.17) is 5.73 Å². The summed E-state index contributed by atoms with van der Waals surface area (Å²) >= 11 is 0. The van der Waals surface area contributed by atoms with Gasteiger partial charge in [-0.1, -0.05) is 6.07 Å². The lowest BCUT2D eigenvalue weighted by atomic mass is 10.0. The van der Waals surface area contributed by atoms with E-state index in [0.717, 1.165) is 40.3 Å². The number of aromatic nitrogens is 3. The molecule has 1 aliphatic rings. The van der Waals surface area contributed by atoms with Gasteiger partial charge in [0.1, 0.15) is 5.82 Å². The Bertz CT molecular complexity index is 788. The molecule has 0 bridgehead atoms. The van der Waals surface area contributed by atoms with Crippen molar-refractivity contribution < 1.29 is 0 Å². The fourth-order valence-electron chi connectivity index (χ4n) is 2.49. The monoisotopic (exact) mass is 279 g/mol. The van der Waals surface area contributed by atoms with Crippen LogP contribution in [0.15, 0.2) is 36.5 Å². The van der Waals surface area contributed by atoms with Gasteiger partial charge in [0.2, 0.25) is 0 Å². The van der Waals surface area contributed by atoms with Gasteiger partial charge >= 0.3 is 0 Å². The fourth-order valence-corrected chi connectivity index (χ4v) is 2.49. The van der Waals surface area contributed by atoms with Gasteiger partial charge in [0.25, 0.3) is 0 Å². The third-order valence-electron chi connectivity index (χ3n) is 3.95. The number of aromatic amines is 1. The summed E-state index contributed by atoms with van der Waals surface area (Å²) in [5.74, 6) is 2.30. The molecule has 5 heteroatoms. The van der Waals surface area contributed by atoms with Crippen LogP contribution in [-0.4, -0.2) is 21.7 Å². The van der Waals surface area contributed by atoms with Crippen LogP contribution in [-0.2, 0) is 0 Å². The van der Waals surface area contributed by atoms with E-state index in [1.165, 1.54) is 12.8 Å². The van der Waals surface area contributed by atoms with Gasteiger partial charge in [-0.25, -0.2) is 4.98 Å². The summed E-state index contributed by atoms with van der Waals surface area (Å²) in [4.78, 5) is 4.38. The molecule has 4 N–H and O–H groups in total. The quantitative estimate of drug-likeness (QED) is 0.686. The van der Waals surface area contributed by atoms with Crippen LogP contribution in [0.1, 0.15) is 12.8 Å². The van der Waals surface area contributed by atoms with Crippen LogP contribution in [0.4, 0.5) is 11.6 Å². The molecule has 0 radical (unpaired) electrons. The zero-order valence-electron chi connectivity index (χ0n) is 11.6. The first-order chi connectivity index (χ1) is 10.3. The Hall–Kier alpha value is -2.56. The third-order valence-corrected chi connectivity index (χ3v) is 3.95. The molecule has 106 valence electrons. The Balaban J connectivity index is 1.66. The van der Waals surface area contributed by atoms with Crippen LogP contribution < -0.4 is 11.1 Å². The summed E-state index contributed by atoms with van der Waals surface area (Å²) in [6, 6.07) is 10.2. The second-order valence-corrected chi connectivity index (χ2v) is 5.62. The molecule has 2 heterocycles.